The van der Waals surface area contributed by atoms with E-state index in [1.807, 2.05) is 0 Å². The normalized spacial score (nSPS) is 10.8. The Kier molecular flexibility index (Phi) is 4.03. The second kappa shape index (κ2) is 5.14. The van der Waals surface area contributed by atoms with Gasteiger partial charge in [-0.25, -0.2) is 9.52 Å². The maximum Gasteiger partial charge on any atom is 0.427 e. The zero-order valence-electron chi connectivity index (χ0n) is 8.29. The van der Waals surface area contributed by atoms with E-state index in [4.69, 9.17) is 0 Å². The van der Waals surface area contributed by atoms with Crippen molar-refractivity contribution >= 4 is 31.7 Å². The fourth-order valence-corrected chi connectivity index (χ4v) is 1.36. The van der Waals surface area contributed by atoms with Gasteiger partial charge in [0.05, 0.1) is 4.92 Å². The van der Waals surface area contributed by atoms with Crippen LogP contribution in [0.3, 0.4) is 0 Å². The van der Waals surface area contributed by atoms with Crippen LogP contribution in [0.1, 0.15) is 0 Å². The molecule has 0 saturated carbocycles. The van der Waals surface area contributed by atoms with E-state index in [0.29, 0.717) is 6.07 Å². The monoisotopic (exact) mass is 298 g/mol. The molecule has 0 fully saturated rings. The molecule has 0 saturated heterocycles. The molecule has 1 aromatic carbocycles. The molecule has 0 unspecified atom stereocenters. The average molecular weight is 299 g/mol. The van der Waals surface area contributed by atoms with Crippen molar-refractivity contribution in [2.75, 3.05) is 0 Å². The van der Waals surface area contributed by atoms with Gasteiger partial charge < -0.3 is 4.74 Å². The van der Waals surface area contributed by atoms with Gasteiger partial charge >= 0.3 is 21.0 Å². The van der Waals surface area contributed by atoms with Crippen LogP contribution >= 0.6 is 10.7 Å². The van der Waals surface area contributed by atoms with Crippen LogP contribution in [0.4, 0.5) is 14.9 Å². The number of nitrogens with zero attached hydrogens (tertiary/aromatic N) is 1. The lowest BCUT2D eigenvalue weighted by atomic mass is 10.3. The summed E-state index contributed by atoms with van der Waals surface area (Å²) >= 11 is 0. The van der Waals surface area contributed by atoms with E-state index in [2.05, 4.69) is 15.4 Å². The van der Waals surface area contributed by atoms with Crippen LogP contribution in [-0.2, 0) is 9.24 Å². The van der Waals surface area contributed by atoms with Gasteiger partial charge in [0.1, 0.15) is 5.75 Å². The Hall–Kier alpha value is -1.94. The number of ether oxygens (including phenoxy) is 1. The van der Waals surface area contributed by atoms with Gasteiger partial charge in [-0.15, -0.1) is 0 Å². The molecule has 0 heterocycles. The Bertz CT molecular complexity index is 604. The smallest absolute Gasteiger partial charge is 0.410 e. The summed E-state index contributed by atoms with van der Waals surface area (Å²) in [5.41, 5.74) is -0.812. The molecular weight excluding hydrogens is 295 g/mol. The molecule has 1 amide bonds. The molecule has 0 bridgehead atoms. The maximum atomic E-state index is 13.1. The highest BCUT2D eigenvalue weighted by Crippen LogP contribution is 2.22. The van der Waals surface area contributed by atoms with E-state index in [1.165, 1.54) is 4.72 Å². The lowest BCUT2D eigenvalue weighted by Gasteiger charge is -2.03. The average Bonchev–Trinajstić information content (AvgIpc) is 2.13. The third-order valence-electron chi connectivity index (χ3n) is 1.53. The molecular formula is C7H4ClFN2O6S. The molecule has 1 N–H and O–H groups in total. The van der Waals surface area contributed by atoms with Crippen molar-refractivity contribution in [2.24, 2.45) is 0 Å². The molecule has 1 aromatic rings. The first-order valence-electron chi connectivity index (χ1n) is 4.07. The highest BCUT2D eigenvalue weighted by atomic mass is 35.7. The highest BCUT2D eigenvalue weighted by Gasteiger charge is 2.17. The van der Waals surface area contributed by atoms with Crippen molar-refractivity contribution in [1.29, 1.82) is 0 Å². The topological polar surface area (TPSA) is 116 Å². The second-order valence-corrected chi connectivity index (χ2v) is 5.10. The lowest BCUT2D eigenvalue weighted by molar-refractivity contribution is -0.387. The van der Waals surface area contributed by atoms with E-state index < -0.39 is 37.5 Å². The number of rotatable bonds is 3. The summed E-state index contributed by atoms with van der Waals surface area (Å²) in [5, 5.41) is 10.3. The number of hydrogen-bond acceptors (Lipinski definition) is 6. The van der Waals surface area contributed by atoms with Gasteiger partial charge in [-0.3, -0.25) is 10.1 Å². The third-order valence-corrected chi connectivity index (χ3v) is 2.17. The largest absolute Gasteiger partial charge is 0.427 e. The van der Waals surface area contributed by atoms with Crippen LogP contribution in [0.5, 0.6) is 5.75 Å². The Labute approximate surface area is 104 Å². The first kappa shape index (κ1) is 14.1. The van der Waals surface area contributed by atoms with Gasteiger partial charge in [0.2, 0.25) is 5.82 Å². The predicted octanol–water partition coefficient (Wildman–Crippen LogP) is 1.31. The first-order valence-corrected chi connectivity index (χ1v) is 6.38. The Morgan fingerprint density at radius 1 is 1.50 bits per heavy atom. The van der Waals surface area contributed by atoms with Crippen LogP contribution in [0, 0.1) is 15.9 Å². The number of carbonyl (C=O) groups excluding carboxylic acids is 1. The van der Waals surface area contributed by atoms with E-state index in [1.54, 1.807) is 0 Å². The summed E-state index contributed by atoms with van der Waals surface area (Å²) in [6.45, 7) is 0. The minimum Gasteiger partial charge on any atom is -0.410 e. The number of benzene rings is 1. The SMILES string of the molecule is O=C(NS(=O)(=O)Cl)Oc1ccc([N+](=O)[O-])c(F)c1. The van der Waals surface area contributed by atoms with Crippen LogP contribution < -0.4 is 9.46 Å². The van der Waals surface area contributed by atoms with Gasteiger partial charge in [-0.05, 0) is 6.07 Å². The van der Waals surface area contributed by atoms with Crippen LogP contribution in [0.15, 0.2) is 18.2 Å². The minimum atomic E-state index is -4.33. The van der Waals surface area contributed by atoms with E-state index in [-0.39, 0.29) is 0 Å². The molecule has 0 aliphatic heterocycles. The number of nitro groups is 1. The molecule has 8 nitrogen and oxygen atoms in total. The standard InChI is InChI=1S/C7H4ClFN2O6S/c8-18(15,16)10-7(12)17-4-1-2-6(11(13)14)5(9)3-4/h1-3H,(H,10,12). The van der Waals surface area contributed by atoms with Crippen molar-refractivity contribution in [3.05, 3.63) is 34.1 Å². The molecule has 1 rings (SSSR count). The quantitative estimate of drug-likeness (QED) is 0.511. The predicted molar refractivity (Wildman–Crippen MR) is 57.0 cm³/mol. The summed E-state index contributed by atoms with van der Waals surface area (Å²) in [7, 11) is 0.360. The maximum absolute atomic E-state index is 13.1. The van der Waals surface area contributed by atoms with Gasteiger partial charge in [0.15, 0.2) is 0 Å². The molecule has 0 aromatic heterocycles. The summed E-state index contributed by atoms with van der Waals surface area (Å²) in [4.78, 5) is 20.2. The number of nitro benzene ring substituents is 1. The summed E-state index contributed by atoms with van der Waals surface area (Å²) < 4.78 is 39.5. The molecule has 0 aliphatic carbocycles. The number of amides is 1. The van der Waals surface area contributed by atoms with Crippen molar-refractivity contribution < 1.29 is 27.3 Å². The Morgan fingerprint density at radius 2 is 2.11 bits per heavy atom. The zero-order chi connectivity index (χ0) is 13.9. The van der Waals surface area contributed by atoms with Crippen LogP contribution in [0.25, 0.3) is 0 Å². The van der Waals surface area contributed by atoms with Gasteiger partial charge in [-0.1, -0.05) is 0 Å². The molecule has 98 valence electrons. The van der Waals surface area contributed by atoms with E-state index in [0.717, 1.165) is 12.1 Å². The molecule has 0 aliphatic rings. The van der Waals surface area contributed by atoms with Gasteiger partial charge in [0.25, 0.3) is 0 Å². The zero-order valence-corrected chi connectivity index (χ0v) is 9.87. The van der Waals surface area contributed by atoms with E-state index in [9.17, 15) is 27.7 Å². The fourth-order valence-electron chi connectivity index (χ4n) is 0.927. The number of halogens is 2. The fraction of sp³-hybridized carbons (Fsp3) is 0. The van der Waals surface area contributed by atoms with Crippen molar-refractivity contribution in [2.45, 2.75) is 0 Å². The highest BCUT2D eigenvalue weighted by molar-refractivity contribution is 8.12. The first-order chi connectivity index (χ1) is 8.19. The molecule has 18 heavy (non-hydrogen) atoms. The van der Waals surface area contributed by atoms with Crippen LogP contribution in [-0.4, -0.2) is 19.4 Å². The number of carbonyl (C=O) groups is 1. The molecule has 0 atom stereocenters. The summed E-state index contributed by atoms with van der Waals surface area (Å²) in [6, 6.07) is 2.23. The second-order valence-electron chi connectivity index (χ2n) is 2.80. The Morgan fingerprint density at radius 3 is 2.56 bits per heavy atom. The number of hydrogen-bond donors (Lipinski definition) is 1. The molecule has 0 radical (unpaired) electrons. The third kappa shape index (κ3) is 4.14. The minimum absolute atomic E-state index is 0.420. The number of nitrogens with one attached hydrogen (secondary N) is 1. The Balaban J connectivity index is 2.84. The lowest BCUT2D eigenvalue weighted by Crippen LogP contribution is -2.29. The molecule has 11 heteroatoms. The van der Waals surface area contributed by atoms with Crippen molar-refractivity contribution in [1.82, 2.24) is 4.72 Å². The van der Waals surface area contributed by atoms with Gasteiger partial charge in [-0.2, -0.15) is 12.8 Å². The van der Waals surface area contributed by atoms with Gasteiger partial charge in [0, 0.05) is 22.8 Å². The van der Waals surface area contributed by atoms with Crippen molar-refractivity contribution in [3.63, 3.8) is 0 Å². The van der Waals surface area contributed by atoms with E-state index >= 15 is 0 Å². The van der Waals surface area contributed by atoms with Crippen LogP contribution in [0.2, 0.25) is 0 Å². The van der Waals surface area contributed by atoms with Crippen molar-refractivity contribution in [3.8, 4) is 5.75 Å². The summed E-state index contributed by atoms with van der Waals surface area (Å²) in [5.74, 6) is -1.66. The summed E-state index contributed by atoms with van der Waals surface area (Å²) in [6.07, 6.45) is -1.47. The molecule has 0 spiro atoms.